The van der Waals surface area contributed by atoms with Crippen molar-refractivity contribution < 1.29 is 4.57 Å². The fourth-order valence-electron chi connectivity index (χ4n) is 3.38. The quantitative estimate of drug-likeness (QED) is 0.600. The summed E-state index contributed by atoms with van der Waals surface area (Å²) in [6, 6.07) is 6.48. The monoisotopic (exact) mass is 392 g/mol. The Bertz CT molecular complexity index is 1030. The number of hydrogen-bond acceptors (Lipinski definition) is 3. The van der Waals surface area contributed by atoms with Crippen LogP contribution in [0.2, 0.25) is 0 Å². The Labute approximate surface area is 174 Å². The Hall–Kier alpha value is -2.56. The van der Waals surface area contributed by atoms with E-state index in [9.17, 15) is 0 Å². The Morgan fingerprint density at radius 1 is 0.862 bits per heavy atom. The van der Waals surface area contributed by atoms with Gasteiger partial charge in [0.2, 0.25) is 0 Å². The number of imidazole rings is 1. The van der Waals surface area contributed by atoms with Gasteiger partial charge in [-0.05, 0) is 18.6 Å². The van der Waals surface area contributed by atoms with Crippen LogP contribution < -0.4 is 4.57 Å². The highest BCUT2D eigenvalue weighted by atomic mass is 15.1. The van der Waals surface area contributed by atoms with E-state index in [-0.39, 0.29) is 10.8 Å². The zero-order valence-corrected chi connectivity index (χ0v) is 19.5. The minimum absolute atomic E-state index is 0.146. The second kappa shape index (κ2) is 7.05. The lowest BCUT2D eigenvalue weighted by Crippen LogP contribution is -2.29. The van der Waals surface area contributed by atoms with Crippen LogP contribution in [0.15, 0.2) is 24.4 Å². The average molecular weight is 393 g/mol. The third-order valence-corrected chi connectivity index (χ3v) is 5.28. The molecule has 5 heteroatoms. The molecule has 3 rings (SSSR count). The fourth-order valence-corrected chi connectivity index (χ4v) is 3.38. The maximum Gasteiger partial charge on any atom is 0.288 e. The summed E-state index contributed by atoms with van der Waals surface area (Å²) in [4.78, 5) is 14.5. The molecular weight excluding hydrogens is 358 g/mol. The first-order valence-electron chi connectivity index (χ1n) is 10.2. The van der Waals surface area contributed by atoms with E-state index in [1.807, 2.05) is 0 Å². The highest BCUT2D eigenvalue weighted by Crippen LogP contribution is 2.30. The zero-order chi connectivity index (χ0) is 21.7. The van der Waals surface area contributed by atoms with Gasteiger partial charge in [0.05, 0.1) is 19.7 Å². The standard InChI is InChI=1S/C24H34N5/c1-15-11-12-17(13-18(15)20-28(9)14-16(2)29(20)10)19-25-21(23(3,4)5)27-22(26-19)24(6,7)8/h11-14H,1-10H3/q+1. The van der Waals surface area contributed by atoms with E-state index in [4.69, 9.17) is 15.0 Å². The molecule has 29 heavy (non-hydrogen) atoms. The summed E-state index contributed by atoms with van der Waals surface area (Å²) in [5.41, 5.74) is 4.36. The predicted molar refractivity (Wildman–Crippen MR) is 118 cm³/mol. The molecule has 3 aromatic rings. The third-order valence-electron chi connectivity index (χ3n) is 5.28. The number of rotatable bonds is 2. The van der Waals surface area contributed by atoms with Crippen molar-refractivity contribution in [2.75, 3.05) is 0 Å². The Morgan fingerprint density at radius 2 is 1.41 bits per heavy atom. The molecule has 0 fully saturated rings. The molecule has 0 atom stereocenters. The molecule has 0 saturated heterocycles. The number of aryl methyl sites for hydroxylation is 3. The van der Waals surface area contributed by atoms with E-state index in [2.05, 4.69) is 103 Å². The van der Waals surface area contributed by atoms with E-state index < -0.39 is 0 Å². The lowest BCUT2D eigenvalue weighted by atomic mass is 9.92. The molecule has 0 spiro atoms. The molecule has 154 valence electrons. The van der Waals surface area contributed by atoms with Crippen molar-refractivity contribution in [3.05, 3.63) is 47.3 Å². The summed E-state index contributed by atoms with van der Waals surface area (Å²) in [6.45, 7) is 17.1. The Kier molecular flexibility index (Phi) is 5.14. The van der Waals surface area contributed by atoms with Gasteiger partial charge in [-0.15, -0.1) is 0 Å². The molecular formula is C24H34N5+. The summed E-state index contributed by atoms with van der Waals surface area (Å²) in [5.74, 6) is 3.57. The first kappa shape index (κ1) is 21.2. The van der Waals surface area contributed by atoms with Crippen LogP contribution >= 0.6 is 0 Å². The SMILES string of the molecule is Cc1ccc(-c2nc(C(C)(C)C)nc(C(C)(C)C)n2)cc1-c1n(C)c(C)c[n+]1C. The van der Waals surface area contributed by atoms with E-state index in [1.165, 1.54) is 22.6 Å². The number of nitrogens with zero attached hydrogens (tertiary/aromatic N) is 5. The zero-order valence-electron chi connectivity index (χ0n) is 19.5. The number of benzene rings is 1. The van der Waals surface area contributed by atoms with Crippen LogP contribution in [-0.2, 0) is 24.9 Å². The van der Waals surface area contributed by atoms with Crippen molar-refractivity contribution in [2.24, 2.45) is 14.1 Å². The van der Waals surface area contributed by atoms with E-state index in [0.717, 1.165) is 23.0 Å². The molecule has 0 amide bonds. The van der Waals surface area contributed by atoms with Gasteiger partial charge >= 0.3 is 0 Å². The van der Waals surface area contributed by atoms with Crippen LogP contribution in [0, 0.1) is 13.8 Å². The summed E-state index contributed by atoms with van der Waals surface area (Å²) in [6.07, 6.45) is 2.15. The molecule has 2 aromatic heterocycles. The van der Waals surface area contributed by atoms with Crippen molar-refractivity contribution in [3.63, 3.8) is 0 Å². The second-order valence-corrected chi connectivity index (χ2v) is 10.1. The minimum Gasteiger partial charge on any atom is -0.232 e. The average Bonchev–Trinajstić information content (AvgIpc) is 2.86. The van der Waals surface area contributed by atoms with Crippen LogP contribution in [-0.4, -0.2) is 19.5 Å². The van der Waals surface area contributed by atoms with Crippen LogP contribution in [0.4, 0.5) is 0 Å². The Morgan fingerprint density at radius 3 is 1.86 bits per heavy atom. The van der Waals surface area contributed by atoms with Gasteiger partial charge in [0.15, 0.2) is 5.82 Å². The minimum atomic E-state index is -0.146. The largest absolute Gasteiger partial charge is 0.288 e. The number of hydrogen-bond donors (Lipinski definition) is 0. The molecule has 1 aromatic carbocycles. The van der Waals surface area contributed by atoms with Gasteiger partial charge in [0.25, 0.3) is 5.82 Å². The van der Waals surface area contributed by atoms with Gasteiger partial charge < -0.3 is 0 Å². The topological polar surface area (TPSA) is 47.5 Å². The molecule has 0 unspecified atom stereocenters. The molecule has 0 saturated carbocycles. The van der Waals surface area contributed by atoms with Crippen LogP contribution in [0.1, 0.15) is 64.4 Å². The second-order valence-electron chi connectivity index (χ2n) is 10.1. The van der Waals surface area contributed by atoms with Gasteiger partial charge in [-0.25, -0.2) is 24.1 Å². The van der Waals surface area contributed by atoms with Crippen molar-refractivity contribution >= 4 is 0 Å². The van der Waals surface area contributed by atoms with Crippen molar-refractivity contribution in [2.45, 2.75) is 66.2 Å². The number of aromatic nitrogens is 5. The van der Waals surface area contributed by atoms with Crippen molar-refractivity contribution in [1.82, 2.24) is 19.5 Å². The fraction of sp³-hybridized carbons (Fsp3) is 0.500. The van der Waals surface area contributed by atoms with Gasteiger partial charge in [-0.2, -0.15) is 0 Å². The maximum absolute atomic E-state index is 4.87. The summed E-state index contributed by atoms with van der Waals surface area (Å²) in [5, 5.41) is 0. The van der Waals surface area contributed by atoms with Crippen LogP contribution in [0.25, 0.3) is 22.8 Å². The van der Waals surface area contributed by atoms with Gasteiger partial charge in [0, 0.05) is 23.3 Å². The Balaban J connectivity index is 2.24. The lowest BCUT2D eigenvalue weighted by Gasteiger charge is -2.22. The normalized spacial score (nSPS) is 12.5. The maximum atomic E-state index is 4.87. The third kappa shape index (κ3) is 4.09. The van der Waals surface area contributed by atoms with Gasteiger partial charge in [0.1, 0.15) is 23.5 Å². The molecule has 0 aliphatic carbocycles. The summed E-state index contributed by atoms with van der Waals surface area (Å²) in [7, 11) is 4.20. The highest BCUT2D eigenvalue weighted by molar-refractivity contribution is 5.68. The first-order chi connectivity index (χ1) is 13.3. The molecule has 0 aliphatic rings. The van der Waals surface area contributed by atoms with E-state index in [1.54, 1.807) is 0 Å². The smallest absolute Gasteiger partial charge is 0.232 e. The van der Waals surface area contributed by atoms with Crippen LogP contribution in [0.3, 0.4) is 0 Å². The van der Waals surface area contributed by atoms with E-state index in [0.29, 0.717) is 0 Å². The highest BCUT2D eigenvalue weighted by Gasteiger charge is 2.26. The predicted octanol–water partition coefficient (Wildman–Crippen LogP) is 4.58. The van der Waals surface area contributed by atoms with Gasteiger partial charge in [-0.3, -0.25) is 0 Å². The molecule has 5 nitrogen and oxygen atoms in total. The van der Waals surface area contributed by atoms with E-state index >= 15 is 0 Å². The first-order valence-corrected chi connectivity index (χ1v) is 10.2. The lowest BCUT2D eigenvalue weighted by molar-refractivity contribution is -0.659. The van der Waals surface area contributed by atoms with Crippen molar-refractivity contribution in [1.29, 1.82) is 0 Å². The summed E-state index contributed by atoms with van der Waals surface area (Å²) >= 11 is 0. The molecule has 0 radical (unpaired) electrons. The van der Waals surface area contributed by atoms with Crippen molar-refractivity contribution in [3.8, 4) is 22.8 Å². The molecule has 0 aliphatic heterocycles. The van der Waals surface area contributed by atoms with Crippen LogP contribution in [0.5, 0.6) is 0 Å². The molecule has 0 bridgehead atoms. The molecule has 2 heterocycles. The summed E-state index contributed by atoms with van der Waals surface area (Å²) < 4.78 is 4.40. The van der Waals surface area contributed by atoms with Gasteiger partial charge in [-0.1, -0.05) is 53.7 Å². The molecule has 0 N–H and O–H groups in total.